The van der Waals surface area contributed by atoms with Crippen LogP contribution >= 0.6 is 0 Å². The van der Waals surface area contributed by atoms with Crippen LogP contribution in [-0.4, -0.2) is 25.8 Å². The minimum absolute atomic E-state index is 0.228. The van der Waals surface area contributed by atoms with Crippen molar-refractivity contribution in [2.24, 2.45) is 0 Å². The molecule has 140 valence electrons. The molecule has 1 heterocycles. The van der Waals surface area contributed by atoms with Crippen LogP contribution in [0.1, 0.15) is 6.42 Å². The first-order valence-corrected chi connectivity index (χ1v) is 10.2. The summed E-state index contributed by atoms with van der Waals surface area (Å²) in [6.07, 6.45) is 4.20. The van der Waals surface area contributed by atoms with E-state index in [0.29, 0.717) is 13.0 Å². The molecule has 3 rings (SSSR count). The second-order valence-corrected chi connectivity index (χ2v) is 7.84. The van der Waals surface area contributed by atoms with Crippen molar-refractivity contribution in [2.75, 3.05) is 12.9 Å². The standard InChI is InChI=1S/C21H21NO4S/c1-26-21-9-7-19(8-10-21)17-3-5-18(6-4-17)20-11-14-22(15-12-20)13-2-16-27(23,24)25/h3-12,14-15H,2,13,16H2,1H3/p+1. The molecule has 0 saturated carbocycles. The van der Waals surface area contributed by atoms with E-state index in [1.807, 2.05) is 53.4 Å². The molecule has 0 bridgehead atoms. The predicted molar refractivity (Wildman–Crippen MR) is 105 cm³/mol. The minimum atomic E-state index is -3.90. The highest BCUT2D eigenvalue weighted by atomic mass is 32.2. The molecule has 0 fully saturated rings. The van der Waals surface area contributed by atoms with Crippen molar-refractivity contribution < 1.29 is 22.3 Å². The van der Waals surface area contributed by atoms with Gasteiger partial charge in [-0.2, -0.15) is 8.42 Å². The van der Waals surface area contributed by atoms with Gasteiger partial charge in [0.2, 0.25) is 0 Å². The number of benzene rings is 2. The zero-order chi connectivity index (χ0) is 19.3. The molecule has 0 aliphatic rings. The van der Waals surface area contributed by atoms with E-state index < -0.39 is 10.1 Å². The summed E-state index contributed by atoms with van der Waals surface area (Å²) in [6, 6.07) is 20.3. The highest BCUT2D eigenvalue weighted by Crippen LogP contribution is 2.25. The van der Waals surface area contributed by atoms with Crippen molar-refractivity contribution in [2.45, 2.75) is 13.0 Å². The summed E-state index contributed by atoms with van der Waals surface area (Å²) < 4.78 is 37.4. The van der Waals surface area contributed by atoms with E-state index in [-0.39, 0.29) is 5.75 Å². The van der Waals surface area contributed by atoms with Crippen LogP contribution in [0.15, 0.2) is 73.1 Å². The maximum atomic E-state index is 10.8. The molecule has 0 aliphatic heterocycles. The molecule has 3 aromatic rings. The number of nitrogens with zero attached hydrogens (tertiary/aromatic N) is 1. The molecule has 2 aromatic carbocycles. The first-order chi connectivity index (χ1) is 12.9. The Balaban J connectivity index is 1.67. The summed E-state index contributed by atoms with van der Waals surface area (Å²) in [5.41, 5.74) is 4.46. The van der Waals surface area contributed by atoms with Gasteiger partial charge in [-0.3, -0.25) is 4.55 Å². The fraction of sp³-hybridized carbons (Fsp3) is 0.190. The molecule has 0 aliphatic carbocycles. The van der Waals surface area contributed by atoms with Gasteiger partial charge in [0.05, 0.1) is 12.9 Å². The zero-order valence-corrected chi connectivity index (χ0v) is 15.9. The molecular formula is C21H22NO4S+. The third-order valence-electron chi connectivity index (χ3n) is 4.35. The van der Waals surface area contributed by atoms with Crippen LogP contribution in [0, 0.1) is 0 Å². The first kappa shape index (κ1) is 19.1. The second kappa shape index (κ2) is 8.33. The van der Waals surface area contributed by atoms with Gasteiger partial charge in [0.15, 0.2) is 12.4 Å². The van der Waals surface area contributed by atoms with Crippen LogP contribution in [0.5, 0.6) is 5.75 Å². The Morgan fingerprint density at radius 3 is 1.70 bits per heavy atom. The van der Waals surface area contributed by atoms with Gasteiger partial charge >= 0.3 is 0 Å². The van der Waals surface area contributed by atoms with E-state index in [1.54, 1.807) is 7.11 Å². The lowest BCUT2D eigenvalue weighted by atomic mass is 10.0. The third kappa shape index (κ3) is 5.39. The van der Waals surface area contributed by atoms with Crippen molar-refractivity contribution in [1.82, 2.24) is 0 Å². The summed E-state index contributed by atoms with van der Waals surface area (Å²) in [7, 11) is -2.24. The van der Waals surface area contributed by atoms with E-state index >= 15 is 0 Å². The van der Waals surface area contributed by atoms with Crippen LogP contribution < -0.4 is 9.30 Å². The summed E-state index contributed by atoms with van der Waals surface area (Å²) in [5, 5.41) is 0. The number of ether oxygens (including phenoxy) is 1. The number of methoxy groups -OCH3 is 1. The second-order valence-electron chi connectivity index (χ2n) is 6.27. The van der Waals surface area contributed by atoms with Gasteiger partial charge in [0.25, 0.3) is 10.1 Å². The average molecular weight is 384 g/mol. The van der Waals surface area contributed by atoms with Crippen LogP contribution in [0.2, 0.25) is 0 Å². The van der Waals surface area contributed by atoms with Gasteiger partial charge in [-0.25, -0.2) is 4.57 Å². The Morgan fingerprint density at radius 2 is 1.26 bits per heavy atom. The quantitative estimate of drug-likeness (QED) is 0.499. The van der Waals surface area contributed by atoms with Crippen molar-refractivity contribution in [3.8, 4) is 28.0 Å². The van der Waals surface area contributed by atoms with E-state index in [4.69, 9.17) is 9.29 Å². The van der Waals surface area contributed by atoms with Crippen molar-refractivity contribution in [1.29, 1.82) is 0 Å². The first-order valence-electron chi connectivity index (χ1n) is 8.64. The number of rotatable bonds is 7. The van der Waals surface area contributed by atoms with E-state index in [0.717, 1.165) is 28.0 Å². The molecular weight excluding hydrogens is 362 g/mol. The molecule has 1 N–H and O–H groups in total. The maximum absolute atomic E-state index is 10.8. The van der Waals surface area contributed by atoms with E-state index in [1.165, 1.54) is 0 Å². The van der Waals surface area contributed by atoms with Gasteiger partial charge < -0.3 is 4.74 Å². The van der Waals surface area contributed by atoms with Crippen LogP contribution in [-0.2, 0) is 16.7 Å². The van der Waals surface area contributed by atoms with E-state index in [9.17, 15) is 8.42 Å². The highest BCUT2D eigenvalue weighted by Gasteiger charge is 2.08. The van der Waals surface area contributed by atoms with Crippen LogP contribution in [0.4, 0.5) is 0 Å². The molecule has 0 radical (unpaired) electrons. The summed E-state index contributed by atoms with van der Waals surface area (Å²) in [5.74, 6) is 0.610. The molecule has 1 aromatic heterocycles. The Kier molecular flexibility index (Phi) is 5.88. The topological polar surface area (TPSA) is 67.5 Å². The number of aromatic nitrogens is 1. The average Bonchev–Trinajstić information content (AvgIpc) is 2.68. The van der Waals surface area contributed by atoms with Crippen LogP contribution in [0.25, 0.3) is 22.3 Å². The summed E-state index contributed by atoms with van der Waals surface area (Å²) >= 11 is 0. The van der Waals surface area contributed by atoms with Gasteiger partial charge in [0.1, 0.15) is 12.3 Å². The largest absolute Gasteiger partial charge is 0.497 e. The zero-order valence-electron chi connectivity index (χ0n) is 15.1. The predicted octanol–water partition coefficient (Wildman–Crippen LogP) is 3.59. The molecule has 0 unspecified atom stereocenters. The Hall–Kier alpha value is -2.70. The molecule has 6 heteroatoms. The molecule has 0 amide bonds. The van der Waals surface area contributed by atoms with Crippen molar-refractivity contribution in [3.05, 3.63) is 73.1 Å². The summed E-state index contributed by atoms with van der Waals surface area (Å²) in [6.45, 7) is 0.538. The Morgan fingerprint density at radius 1 is 0.815 bits per heavy atom. The Labute approximate surface area is 159 Å². The summed E-state index contributed by atoms with van der Waals surface area (Å²) in [4.78, 5) is 0. The number of hydrogen-bond acceptors (Lipinski definition) is 3. The lowest BCUT2D eigenvalue weighted by Crippen LogP contribution is -2.33. The Bertz CT molecular complexity index is 980. The SMILES string of the molecule is COc1ccc(-c2ccc(-c3cc[n+](CCCS(=O)(=O)O)cc3)cc2)cc1. The lowest BCUT2D eigenvalue weighted by Gasteiger charge is -2.06. The van der Waals surface area contributed by atoms with Crippen molar-refractivity contribution >= 4 is 10.1 Å². The molecule has 0 spiro atoms. The van der Waals surface area contributed by atoms with E-state index in [2.05, 4.69) is 24.3 Å². The molecule has 0 saturated heterocycles. The number of hydrogen-bond donors (Lipinski definition) is 1. The molecule has 5 nitrogen and oxygen atoms in total. The van der Waals surface area contributed by atoms with Crippen LogP contribution in [0.3, 0.4) is 0 Å². The van der Waals surface area contributed by atoms with Gasteiger partial charge in [-0.05, 0) is 34.4 Å². The molecule has 27 heavy (non-hydrogen) atoms. The van der Waals surface area contributed by atoms with Crippen molar-refractivity contribution in [3.63, 3.8) is 0 Å². The lowest BCUT2D eigenvalue weighted by molar-refractivity contribution is -0.696. The van der Waals surface area contributed by atoms with Gasteiger partial charge in [-0.15, -0.1) is 0 Å². The fourth-order valence-electron chi connectivity index (χ4n) is 2.87. The third-order valence-corrected chi connectivity index (χ3v) is 5.16. The smallest absolute Gasteiger partial charge is 0.265 e. The number of pyridine rings is 1. The monoisotopic (exact) mass is 384 g/mol. The molecule has 0 atom stereocenters. The van der Waals surface area contributed by atoms with Gasteiger partial charge in [0, 0.05) is 18.6 Å². The normalized spacial score (nSPS) is 11.3. The van der Waals surface area contributed by atoms with Gasteiger partial charge in [-0.1, -0.05) is 36.4 Å². The minimum Gasteiger partial charge on any atom is -0.497 e. The fourth-order valence-corrected chi connectivity index (χ4v) is 3.36. The number of aryl methyl sites for hydroxylation is 1. The maximum Gasteiger partial charge on any atom is 0.265 e. The highest BCUT2D eigenvalue weighted by molar-refractivity contribution is 7.85.